The van der Waals surface area contributed by atoms with E-state index in [0.29, 0.717) is 23.1 Å². The van der Waals surface area contributed by atoms with E-state index in [4.69, 9.17) is 9.47 Å². The van der Waals surface area contributed by atoms with Crippen molar-refractivity contribution in [2.75, 3.05) is 11.9 Å². The second kappa shape index (κ2) is 10.2. The molecule has 31 heavy (non-hydrogen) atoms. The van der Waals surface area contributed by atoms with Gasteiger partial charge in [0.15, 0.2) is 12.9 Å². The standard InChI is InChI=1S/C25H23NO5/c1-17-12-13-18(2)21(14-17)26-25(29)24(19-8-4-3-5-9-19)31-23(28)16-30-22-11-7-6-10-20(22)15-27/h3-15,24H,16H2,1-2H3,(H,26,29)/t24-/m0/s1. The molecule has 1 amide bonds. The third-order valence-electron chi connectivity index (χ3n) is 4.63. The lowest BCUT2D eigenvalue weighted by atomic mass is 10.1. The zero-order chi connectivity index (χ0) is 22.2. The molecule has 1 N–H and O–H groups in total. The number of hydrogen-bond acceptors (Lipinski definition) is 5. The number of benzene rings is 3. The molecule has 0 radical (unpaired) electrons. The Balaban J connectivity index is 1.74. The first kappa shape index (κ1) is 21.8. The minimum absolute atomic E-state index is 0.269. The Kier molecular flexibility index (Phi) is 7.17. The van der Waals surface area contributed by atoms with E-state index < -0.39 is 24.6 Å². The average Bonchev–Trinajstić information content (AvgIpc) is 2.79. The van der Waals surface area contributed by atoms with E-state index in [0.717, 1.165) is 11.1 Å². The molecule has 0 unspecified atom stereocenters. The highest BCUT2D eigenvalue weighted by Gasteiger charge is 2.26. The average molecular weight is 417 g/mol. The fraction of sp³-hybridized carbons (Fsp3) is 0.160. The van der Waals surface area contributed by atoms with Crippen LogP contribution in [0.2, 0.25) is 0 Å². The predicted molar refractivity (Wildman–Crippen MR) is 117 cm³/mol. The van der Waals surface area contributed by atoms with Gasteiger partial charge in [0, 0.05) is 11.3 Å². The number of ether oxygens (including phenoxy) is 2. The predicted octanol–water partition coefficient (Wildman–Crippen LogP) is 4.42. The molecule has 0 aliphatic heterocycles. The van der Waals surface area contributed by atoms with Gasteiger partial charge >= 0.3 is 5.97 Å². The van der Waals surface area contributed by atoms with Gasteiger partial charge in [0.25, 0.3) is 5.91 Å². The van der Waals surface area contributed by atoms with Crippen LogP contribution in [-0.2, 0) is 14.3 Å². The topological polar surface area (TPSA) is 81.7 Å². The van der Waals surface area contributed by atoms with Gasteiger partial charge in [0.05, 0.1) is 5.56 Å². The normalized spacial score (nSPS) is 11.3. The molecule has 0 aliphatic rings. The Morgan fingerprint density at radius 1 is 0.968 bits per heavy atom. The quantitative estimate of drug-likeness (QED) is 0.433. The van der Waals surface area contributed by atoms with Crippen LogP contribution in [0, 0.1) is 13.8 Å². The maximum Gasteiger partial charge on any atom is 0.345 e. The third-order valence-corrected chi connectivity index (χ3v) is 4.63. The van der Waals surface area contributed by atoms with Crippen LogP contribution in [0.1, 0.15) is 33.2 Å². The van der Waals surface area contributed by atoms with Crippen LogP contribution >= 0.6 is 0 Å². The summed E-state index contributed by atoms with van der Waals surface area (Å²) in [6.45, 7) is 3.38. The van der Waals surface area contributed by atoms with Gasteiger partial charge in [0.1, 0.15) is 5.75 Å². The molecule has 0 aromatic heterocycles. The Labute approximate surface area is 180 Å². The molecule has 0 bridgehead atoms. The molecule has 0 spiro atoms. The monoisotopic (exact) mass is 417 g/mol. The highest BCUT2D eigenvalue weighted by molar-refractivity contribution is 5.96. The highest BCUT2D eigenvalue weighted by Crippen LogP contribution is 2.23. The maximum atomic E-state index is 13.0. The summed E-state index contributed by atoms with van der Waals surface area (Å²) in [6.07, 6.45) is -0.510. The lowest BCUT2D eigenvalue weighted by Crippen LogP contribution is -2.28. The second-order valence-electron chi connectivity index (χ2n) is 7.03. The first-order chi connectivity index (χ1) is 15.0. The Bertz CT molecular complexity index is 1080. The van der Waals surface area contributed by atoms with E-state index >= 15 is 0 Å². The van der Waals surface area contributed by atoms with E-state index in [9.17, 15) is 14.4 Å². The largest absolute Gasteiger partial charge is 0.481 e. The Morgan fingerprint density at radius 2 is 1.68 bits per heavy atom. The molecule has 3 aromatic rings. The number of carbonyl (C=O) groups excluding carboxylic acids is 3. The first-order valence-corrected chi connectivity index (χ1v) is 9.77. The molecular weight excluding hydrogens is 394 g/mol. The highest BCUT2D eigenvalue weighted by atomic mass is 16.6. The maximum absolute atomic E-state index is 13.0. The van der Waals surface area contributed by atoms with Gasteiger partial charge in [-0.15, -0.1) is 0 Å². The minimum atomic E-state index is -1.15. The Morgan fingerprint density at radius 3 is 2.42 bits per heavy atom. The van der Waals surface area contributed by atoms with Gasteiger partial charge in [-0.3, -0.25) is 9.59 Å². The number of amides is 1. The van der Waals surface area contributed by atoms with Crippen molar-refractivity contribution in [3.05, 3.63) is 95.1 Å². The van der Waals surface area contributed by atoms with Crippen LogP contribution in [0.25, 0.3) is 0 Å². The van der Waals surface area contributed by atoms with Crippen molar-refractivity contribution in [3.8, 4) is 5.75 Å². The number of esters is 1. The third kappa shape index (κ3) is 5.79. The lowest BCUT2D eigenvalue weighted by Gasteiger charge is -2.19. The van der Waals surface area contributed by atoms with Gasteiger partial charge in [-0.1, -0.05) is 54.6 Å². The number of anilines is 1. The van der Waals surface area contributed by atoms with Crippen molar-refractivity contribution >= 4 is 23.9 Å². The summed E-state index contributed by atoms with van der Waals surface area (Å²) in [5.41, 5.74) is 3.40. The Hall–Kier alpha value is -3.93. The van der Waals surface area contributed by atoms with Crippen molar-refractivity contribution in [2.45, 2.75) is 20.0 Å². The van der Waals surface area contributed by atoms with Crippen molar-refractivity contribution in [2.24, 2.45) is 0 Å². The summed E-state index contributed by atoms with van der Waals surface area (Å²) in [7, 11) is 0. The molecule has 6 heteroatoms. The molecule has 0 heterocycles. The molecule has 0 saturated heterocycles. The zero-order valence-electron chi connectivity index (χ0n) is 17.3. The number of aryl methyl sites for hydroxylation is 2. The number of aldehydes is 1. The molecular formula is C25H23NO5. The van der Waals surface area contributed by atoms with Gasteiger partial charge in [-0.25, -0.2) is 4.79 Å². The molecule has 3 rings (SSSR count). The lowest BCUT2D eigenvalue weighted by molar-refractivity contribution is -0.156. The molecule has 0 fully saturated rings. The number of carbonyl (C=O) groups is 3. The van der Waals surface area contributed by atoms with Gasteiger partial charge in [0.2, 0.25) is 6.10 Å². The van der Waals surface area contributed by atoms with Crippen LogP contribution in [0.3, 0.4) is 0 Å². The summed E-state index contributed by atoms with van der Waals surface area (Å²) in [5, 5.41) is 2.84. The van der Waals surface area contributed by atoms with Crippen LogP contribution in [0.5, 0.6) is 5.75 Å². The SMILES string of the molecule is Cc1ccc(C)c(NC(=O)[C@@H](OC(=O)COc2ccccc2C=O)c2ccccc2)c1. The summed E-state index contributed by atoms with van der Waals surface area (Å²) >= 11 is 0. The number of rotatable bonds is 8. The van der Waals surface area contributed by atoms with E-state index in [1.807, 2.05) is 38.1 Å². The smallest absolute Gasteiger partial charge is 0.345 e. The van der Waals surface area contributed by atoms with Crippen LogP contribution in [-0.4, -0.2) is 24.8 Å². The summed E-state index contributed by atoms with van der Waals surface area (Å²) in [5.74, 6) is -0.933. The summed E-state index contributed by atoms with van der Waals surface area (Å²) in [4.78, 5) is 36.6. The molecule has 6 nitrogen and oxygen atoms in total. The van der Waals surface area contributed by atoms with Crippen molar-refractivity contribution < 1.29 is 23.9 Å². The fourth-order valence-corrected chi connectivity index (χ4v) is 2.98. The van der Waals surface area contributed by atoms with E-state index in [1.54, 1.807) is 48.5 Å². The second-order valence-corrected chi connectivity index (χ2v) is 7.03. The first-order valence-electron chi connectivity index (χ1n) is 9.77. The van der Waals surface area contributed by atoms with Crippen molar-refractivity contribution in [3.63, 3.8) is 0 Å². The zero-order valence-corrected chi connectivity index (χ0v) is 17.3. The van der Waals surface area contributed by atoms with Crippen LogP contribution in [0.15, 0.2) is 72.8 Å². The number of para-hydroxylation sites is 1. The fourth-order valence-electron chi connectivity index (χ4n) is 2.98. The van der Waals surface area contributed by atoms with Crippen LogP contribution < -0.4 is 10.1 Å². The minimum Gasteiger partial charge on any atom is -0.481 e. The molecule has 158 valence electrons. The molecule has 0 saturated carbocycles. The van der Waals surface area contributed by atoms with Crippen LogP contribution in [0.4, 0.5) is 5.69 Å². The summed E-state index contributed by atoms with van der Waals surface area (Å²) in [6, 6.07) is 21.0. The van der Waals surface area contributed by atoms with E-state index in [2.05, 4.69) is 5.32 Å². The molecule has 0 aliphatic carbocycles. The van der Waals surface area contributed by atoms with E-state index in [-0.39, 0.29) is 5.75 Å². The van der Waals surface area contributed by atoms with Crippen molar-refractivity contribution in [1.29, 1.82) is 0 Å². The molecule has 1 atom stereocenters. The van der Waals surface area contributed by atoms with Gasteiger partial charge < -0.3 is 14.8 Å². The molecule has 3 aromatic carbocycles. The summed E-state index contributed by atoms with van der Waals surface area (Å²) < 4.78 is 10.9. The number of hydrogen-bond donors (Lipinski definition) is 1. The van der Waals surface area contributed by atoms with Gasteiger partial charge in [-0.05, 0) is 43.2 Å². The number of nitrogens with one attached hydrogen (secondary N) is 1. The van der Waals surface area contributed by atoms with E-state index in [1.165, 1.54) is 0 Å². The van der Waals surface area contributed by atoms with Gasteiger partial charge in [-0.2, -0.15) is 0 Å². The van der Waals surface area contributed by atoms with Crippen molar-refractivity contribution in [1.82, 2.24) is 0 Å².